The topological polar surface area (TPSA) is 58.8 Å². The summed E-state index contributed by atoms with van der Waals surface area (Å²) in [4.78, 5) is 14.4. The number of anilines is 1. The molecule has 0 atom stereocenters. The number of benzene rings is 1. The van der Waals surface area contributed by atoms with E-state index >= 15 is 0 Å². The van der Waals surface area contributed by atoms with E-state index in [1.54, 1.807) is 14.0 Å². The minimum atomic E-state index is -4.84. The summed E-state index contributed by atoms with van der Waals surface area (Å²) in [6, 6.07) is 3.80. The molecule has 1 aliphatic heterocycles. The summed E-state index contributed by atoms with van der Waals surface area (Å²) in [6.45, 7) is 7.37. The normalized spacial score (nSPS) is 16.9. The predicted molar refractivity (Wildman–Crippen MR) is 94.0 cm³/mol. The number of fused-ring (bicyclic) bond motifs is 1. The van der Waals surface area contributed by atoms with Crippen molar-refractivity contribution in [1.29, 1.82) is 0 Å². The minimum Gasteiger partial charge on any atom is -0.495 e. The summed E-state index contributed by atoms with van der Waals surface area (Å²) in [5, 5.41) is 0. The molecule has 0 fully saturated rings. The van der Waals surface area contributed by atoms with Crippen molar-refractivity contribution in [3.05, 3.63) is 23.3 Å². The van der Waals surface area contributed by atoms with Crippen LogP contribution in [-0.4, -0.2) is 55.2 Å². The zero-order chi connectivity index (χ0) is 19.7. The number of nitrogen functional groups attached to an aromatic ring is 1. The van der Waals surface area contributed by atoms with Crippen LogP contribution in [0.1, 0.15) is 31.9 Å². The smallest absolute Gasteiger partial charge is 0.471 e. The molecule has 2 N–H and O–H groups in total. The Labute approximate surface area is 151 Å². The fraction of sp³-hybridized carbons (Fsp3) is 0.611. The Morgan fingerprint density at radius 1 is 1.38 bits per heavy atom. The van der Waals surface area contributed by atoms with Gasteiger partial charge < -0.3 is 15.4 Å². The van der Waals surface area contributed by atoms with Crippen molar-refractivity contribution in [2.75, 3.05) is 39.0 Å². The highest BCUT2D eigenvalue weighted by Crippen LogP contribution is 2.38. The van der Waals surface area contributed by atoms with Crippen molar-refractivity contribution in [3.63, 3.8) is 0 Å². The van der Waals surface area contributed by atoms with Crippen molar-refractivity contribution in [3.8, 4) is 5.75 Å². The lowest BCUT2D eigenvalue weighted by atomic mass is 9.78. The van der Waals surface area contributed by atoms with Gasteiger partial charge in [0.15, 0.2) is 0 Å². The van der Waals surface area contributed by atoms with E-state index < -0.39 is 12.1 Å². The van der Waals surface area contributed by atoms with Gasteiger partial charge in [-0.25, -0.2) is 0 Å². The molecule has 1 amide bonds. The van der Waals surface area contributed by atoms with Crippen LogP contribution in [-0.2, 0) is 16.8 Å². The fourth-order valence-electron chi connectivity index (χ4n) is 3.53. The minimum absolute atomic E-state index is 0.0241. The van der Waals surface area contributed by atoms with Crippen LogP contribution in [0.5, 0.6) is 5.75 Å². The van der Waals surface area contributed by atoms with Gasteiger partial charge in [0, 0.05) is 38.1 Å². The van der Waals surface area contributed by atoms with E-state index in [1.807, 2.05) is 12.1 Å². The van der Waals surface area contributed by atoms with Crippen LogP contribution in [0, 0.1) is 0 Å². The Bertz CT molecular complexity index is 674. The zero-order valence-corrected chi connectivity index (χ0v) is 15.6. The number of carbonyl (C=O) groups excluding carboxylic acids is 1. The molecule has 1 aromatic rings. The molecule has 0 spiro atoms. The SMILES string of the molecule is CCN(CCN1Cc2cc(N)c(OC)cc2C(C)(C)C1)C(=O)C(F)(F)F. The van der Waals surface area contributed by atoms with Gasteiger partial charge in [0.1, 0.15) is 5.75 Å². The summed E-state index contributed by atoms with van der Waals surface area (Å²) < 4.78 is 43.3. The zero-order valence-electron chi connectivity index (χ0n) is 15.6. The summed E-state index contributed by atoms with van der Waals surface area (Å²) in [7, 11) is 1.57. The number of likely N-dealkylation sites (N-methyl/N-ethyl adjacent to an activating group) is 1. The molecule has 0 bridgehead atoms. The third-order valence-corrected chi connectivity index (χ3v) is 4.80. The standard InChI is InChI=1S/C18H26F3N3O2/c1-5-24(16(25)18(19,20)21)7-6-23-10-12-8-14(22)15(26-4)9-13(12)17(2,3)11-23/h8-9H,5-7,10-11,22H2,1-4H3. The molecular weight excluding hydrogens is 347 g/mol. The first-order valence-corrected chi connectivity index (χ1v) is 8.55. The Hall–Kier alpha value is -1.96. The van der Waals surface area contributed by atoms with Gasteiger partial charge in [0.05, 0.1) is 12.8 Å². The number of amides is 1. The summed E-state index contributed by atoms with van der Waals surface area (Å²) >= 11 is 0. The van der Waals surface area contributed by atoms with Gasteiger partial charge in [-0.3, -0.25) is 9.69 Å². The van der Waals surface area contributed by atoms with Gasteiger partial charge in [-0.1, -0.05) is 13.8 Å². The van der Waals surface area contributed by atoms with Crippen molar-refractivity contribution in [2.24, 2.45) is 0 Å². The maximum Gasteiger partial charge on any atom is 0.471 e. The van der Waals surface area contributed by atoms with E-state index in [1.165, 1.54) is 0 Å². The first-order chi connectivity index (χ1) is 12.0. The molecule has 146 valence electrons. The van der Waals surface area contributed by atoms with Crippen LogP contribution in [0.3, 0.4) is 0 Å². The van der Waals surface area contributed by atoms with Crippen molar-refractivity contribution >= 4 is 11.6 Å². The van der Waals surface area contributed by atoms with Crippen LogP contribution < -0.4 is 10.5 Å². The number of rotatable bonds is 5. The number of alkyl halides is 3. The number of nitrogens with two attached hydrogens (primary N) is 1. The van der Waals surface area contributed by atoms with Crippen molar-refractivity contribution < 1.29 is 22.7 Å². The number of halogens is 3. The first kappa shape index (κ1) is 20.4. The van der Waals surface area contributed by atoms with Gasteiger partial charge in [0.2, 0.25) is 0 Å². The van der Waals surface area contributed by atoms with E-state index in [0.717, 1.165) is 16.0 Å². The maximum absolute atomic E-state index is 12.7. The third-order valence-electron chi connectivity index (χ3n) is 4.80. The third kappa shape index (κ3) is 4.23. The summed E-state index contributed by atoms with van der Waals surface area (Å²) in [5.74, 6) is -1.16. The highest BCUT2D eigenvalue weighted by Gasteiger charge is 2.42. The van der Waals surface area contributed by atoms with Gasteiger partial charge in [-0.15, -0.1) is 0 Å². The number of ether oxygens (including phenoxy) is 1. The second kappa shape index (κ2) is 7.34. The number of hydrogen-bond donors (Lipinski definition) is 1. The molecule has 0 radical (unpaired) electrons. The molecule has 1 aliphatic rings. The Kier molecular flexibility index (Phi) is 5.75. The molecule has 0 aliphatic carbocycles. The molecular formula is C18H26F3N3O2. The number of nitrogens with zero attached hydrogens (tertiary/aromatic N) is 2. The average Bonchev–Trinajstić information content (AvgIpc) is 2.53. The van der Waals surface area contributed by atoms with Crippen molar-refractivity contribution in [1.82, 2.24) is 9.80 Å². The van der Waals surface area contributed by atoms with Gasteiger partial charge >= 0.3 is 12.1 Å². The predicted octanol–water partition coefficient (Wildman–Crippen LogP) is 2.78. The monoisotopic (exact) mass is 373 g/mol. The molecule has 1 aromatic carbocycles. The number of carbonyl (C=O) groups is 1. The number of methoxy groups -OCH3 is 1. The van der Waals surface area contributed by atoms with Crippen LogP contribution in [0.2, 0.25) is 0 Å². The quantitative estimate of drug-likeness (QED) is 0.807. The molecule has 1 heterocycles. The Balaban J connectivity index is 2.14. The van der Waals surface area contributed by atoms with E-state index in [0.29, 0.717) is 31.1 Å². The Morgan fingerprint density at radius 2 is 2.04 bits per heavy atom. The van der Waals surface area contributed by atoms with E-state index in [4.69, 9.17) is 10.5 Å². The van der Waals surface area contributed by atoms with E-state index in [2.05, 4.69) is 18.7 Å². The summed E-state index contributed by atoms with van der Waals surface area (Å²) in [6.07, 6.45) is -4.84. The number of hydrogen-bond acceptors (Lipinski definition) is 4. The van der Waals surface area contributed by atoms with Crippen LogP contribution in [0.4, 0.5) is 18.9 Å². The lowest BCUT2D eigenvalue weighted by Gasteiger charge is -2.41. The lowest BCUT2D eigenvalue weighted by Crippen LogP contribution is -2.48. The van der Waals surface area contributed by atoms with Crippen LogP contribution in [0.25, 0.3) is 0 Å². The second-order valence-corrected chi connectivity index (χ2v) is 7.23. The highest BCUT2D eigenvalue weighted by atomic mass is 19.4. The molecule has 2 rings (SSSR count). The molecule has 26 heavy (non-hydrogen) atoms. The van der Waals surface area contributed by atoms with Crippen LogP contribution in [0.15, 0.2) is 12.1 Å². The second-order valence-electron chi connectivity index (χ2n) is 7.23. The summed E-state index contributed by atoms with van der Waals surface area (Å²) in [5.41, 5.74) is 8.48. The van der Waals surface area contributed by atoms with Crippen LogP contribution >= 0.6 is 0 Å². The molecule has 5 nitrogen and oxygen atoms in total. The molecule has 0 unspecified atom stereocenters. The van der Waals surface area contributed by atoms with E-state index in [9.17, 15) is 18.0 Å². The van der Waals surface area contributed by atoms with Gasteiger partial charge in [-0.05, 0) is 30.2 Å². The largest absolute Gasteiger partial charge is 0.495 e. The maximum atomic E-state index is 12.7. The molecule has 0 aromatic heterocycles. The molecule has 0 saturated carbocycles. The fourth-order valence-corrected chi connectivity index (χ4v) is 3.53. The average molecular weight is 373 g/mol. The van der Waals surface area contributed by atoms with Gasteiger partial charge in [-0.2, -0.15) is 13.2 Å². The lowest BCUT2D eigenvalue weighted by molar-refractivity contribution is -0.185. The van der Waals surface area contributed by atoms with E-state index in [-0.39, 0.29) is 18.5 Å². The van der Waals surface area contributed by atoms with Crippen molar-refractivity contribution in [2.45, 2.75) is 38.9 Å². The highest BCUT2D eigenvalue weighted by molar-refractivity contribution is 5.81. The Morgan fingerprint density at radius 3 is 2.58 bits per heavy atom. The molecule has 8 heteroatoms. The van der Waals surface area contributed by atoms with Gasteiger partial charge in [0.25, 0.3) is 0 Å². The molecule has 0 saturated heterocycles. The first-order valence-electron chi connectivity index (χ1n) is 8.55.